The number of anilines is 1. The van der Waals surface area contributed by atoms with Gasteiger partial charge in [0, 0.05) is 32.4 Å². The van der Waals surface area contributed by atoms with Gasteiger partial charge in [0.25, 0.3) is 0 Å². The van der Waals surface area contributed by atoms with Gasteiger partial charge in [-0.05, 0) is 44.4 Å². The first-order valence-corrected chi connectivity index (χ1v) is 6.54. The van der Waals surface area contributed by atoms with Gasteiger partial charge in [0.2, 0.25) is 0 Å². The Hall–Kier alpha value is -1.13. The van der Waals surface area contributed by atoms with Crippen LogP contribution in [0.5, 0.6) is 0 Å². The number of piperidine rings is 1. The smallest absolute Gasteiger partial charge is 0.129 e. The van der Waals surface area contributed by atoms with E-state index in [0.29, 0.717) is 6.54 Å². The minimum absolute atomic E-state index is 0.0629. The average molecular weight is 249 g/mol. The summed E-state index contributed by atoms with van der Waals surface area (Å²) in [5.74, 6) is 1.03. The molecule has 0 amide bonds. The Morgan fingerprint density at radius 1 is 1.50 bits per heavy atom. The van der Waals surface area contributed by atoms with Gasteiger partial charge in [0.15, 0.2) is 0 Å². The minimum atomic E-state index is -0.0629. The lowest BCUT2D eigenvalue weighted by atomic mass is 9.94. The van der Waals surface area contributed by atoms with Gasteiger partial charge in [0.05, 0.1) is 5.60 Å². The Morgan fingerprint density at radius 3 is 2.94 bits per heavy atom. The summed E-state index contributed by atoms with van der Waals surface area (Å²) < 4.78 is 5.62. The number of nitrogens with two attached hydrogens (primary N) is 1. The minimum Gasteiger partial charge on any atom is -0.377 e. The van der Waals surface area contributed by atoms with Crippen LogP contribution in [-0.2, 0) is 11.3 Å². The zero-order valence-corrected chi connectivity index (χ0v) is 11.6. The van der Waals surface area contributed by atoms with Gasteiger partial charge < -0.3 is 15.4 Å². The maximum Gasteiger partial charge on any atom is 0.129 e. The second-order valence-electron chi connectivity index (χ2n) is 5.36. The highest BCUT2D eigenvalue weighted by Gasteiger charge is 2.31. The first kappa shape index (κ1) is 13.3. The molecule has 1 aromatic heterocycles. The third-order valence-corrected chi connectivity index (χ3v) is 3.71. The van der Waals surface area contributed by atoms with Crippen LogP contribution in [0.3, 0.4) is 0 Å². The predicted molar refractivity (Wildman–Crippen MR) is 73.7 cm³/mol. The van der Waals surface area contributed by atoms with Crippen molar-refractivity contribution in [1.82, 2.24) is 4.98 Å². The van der Waals surface area contributed by atoms with Gasteiger partial charge in [-0.3, -0.25) is 0 Å². The summed E-state index contributed by atoms with van der Waals surface area (Å²) >= 11 is 0. The third-order valence-electron chi connectivity index (χ3n) is 3.71. The fraction of sp³-hybridized carbons (Fsp3) is 0.643. The number of methoxy groups -OCH3 is 1. The van der Waals surface area contributed by atoms with Crippen LogP contribution in [0.1, 0.15) is 31.0 Å². The summed E-state index contributed by atoms with van der Waals surface area (Å²) in [6.45, 7) is 6.68. The summed E-state index contributed by atoms with van der Waals surface area (Å²) in [4.78, 5) is 6.92. The van der Waals surface area contributed by atoms with Gasteiger partial charge in [0.1, 0.15) is 5.82 Å². The molecule has 2 heterocycles. The molecule has 1 saturated heterocycles. The monoisotopic (exact) mass is 249 g/mol. The molecule has 1 fully saturated rings. The van der Waals surface area contributed by atoms with Crippen LogP contribution in [0.4, 0.5) is 5.82 Å². The molecule has 1 atom stereocenters. The van der Waals surface area contributed by atoms with E-state index in [1.54, 1.807) is 7.11 Å². The molecule has 4 heteroatoms. The summed E-state index contributed by atoms with van der Waals surface area (Å²) in [6.07, 6.45) is 2.24. The first-order valence-electron chi connectivity index (χ1n) is 6.54. The number of aryl methyl sites for hydroxylation is 1. The number of hydrogen-bond donors (Lipinski definition) is 1. The quantitative estimate of drug-likeness (QED) is 0.888. The van der Waals surface area contributed by atoms with Crippen molar-refractivity contribution in [3.8, 4) is 0 Å². The van der Waals surface area contributed by atoms with Crippen molar-refractivity contribution in [2.24, 2.45) is 5.73 Å². The Morgan fingerprint density at radius 2 is 2.28 bits per heavy atom. The molecule has 0 radical (unpaired) electrons. The Bertz CT molecular complexity index is 422. The Labute approximate surface area is 109 Å². The molecule has 0 bridgehead atoms. The molecule has 0 aliphatic carbocycles. The van der Waals surface area contributed by atoms with Crippen LogP contribution in [0.2, 0.25) is 0 Å². The van der Waals surface area contributed by atoms with Crippen LogP contribution >= 0.6 is 0 Å². The number of nitrogens with zero attached hydrogens (tertiary/aromatic N) is 2. The molecule has 1 aliphatic rings. The van der Waals surface area contributed by atoms with Crippen LogP contribution in [0.15, 0.2) is 12.1 Å². The highest BCUT2D eigenvalue weighted by molar-refractivity contribution is 5.43. The lowest BCUT2D eigenvalue weighted by Gasteiger charge is -2.40. The molecule has 2 rings (SSSR count). The van der Waals surface area contributed by atoms with E-state index < -0.39 is 0 Å². The van der Waals surface area contributed by atoms with Gasteiger partial charge in [-0.25, -0.2) is 4.98 Å². The lowest BCUT2D eigenvalue weighted by molar-refractivity contribution is -0.00482. The van der Waals surface area contributed by atoms with Gasteiger partial charge >= 0.3 is 0 Å². The molecule has 100 valence electrons. The molecule has 4 nitrogen and oxygen atoms in total. The van der Waals surface area contributed by atoms with Crippen molar-refractivity contribution < 1.29 is 4.74 Å². The number of hydrogen-bond acceptors (Lipinski definition) is 4. The van der Waals surface area contributed by atoms with E-state index in [2.05, 4.69) is 22.9 Å². The van der Waals surface area contributed by atoms with Crippen molar-refractivity contribution in [3.05, 3.63) is 23.4 Å². The van der Waals surface area contributed by atoms with E-state index in [9.17, 15) is 0 Å². The van der Waals surface area contributed by atoms with E-state index in [1.807, 2.05) is 13.0 Å². The predicted octanol–water partition coefficient (Wildman–Crippen LogP) is 1.85. The number of aromatic nitrogens is 1. The summed E-state index contributed by atoms with van der Waals surface area (Å²) in [5, 5.41) is 0. The molecule has 2 N–H and O–H groups in total. The standard InChI is InChI=1S/C14H23N3O/c1-11-7-12(9-15)8-13(16-11)17-6-4-5-14(2,10-17)18-3/h7-8H,4-6,9-10,15H2,1-3H3. The molecule has 0 saturated carbocycles. The van der Waals surface area contributed by atoms with Gasteiger partial charge in [-0.2, -0.15) is 0 Å². The Kier molecular flexibility index (Phi) is 3.88. The number of rotatable bonds is 3. The normalized spacial score (nSPS) is 24.3. The molecule has 1 aromatic rings. The Balaban J connectivity index is 2.23. The summed E-state index contributed by atoms with van der Waals surface area (Å²) in [6, 6.07) is 4.14. The summed E-state index contributed by atoms with van der Waals surface area (Å²) in [5.41, 5.74) is 7.83. The van der Waals surface area contributed by atoms with Crippen molar-refractivity contribution >= 4 is 5.82 Å². The molecule has 18 heavy (non-hydrogen) atoms. The molecular formula is C14H23N3O. The fourth-order valence-electron chi connectivity index (χ4n) is 2.57. The van der Waals surface area contributed by atoms with Crippen LogP contribution in [0, 0.1) is 6.92 Å². The van der Waals surface area contributed by atoms with Crippen LogP contribution in [0.25, 0.3) is 0 Å². The van der Waals surface area contributed by atoms with E-state index in [1.165, 1.54) is 0 Å². The van der Waals surface area contributed by atoms with E-state index >= 15 is 0 Å². The largest absolute Gasteiger partial charge is 0.377 e. The molecule has 0 spiro atoms. The van der Waals surface area contributed by atoms with Crippen molar-refractivity contribution in [1.29, 1.82) is 0 Å². The van der Waals surface area contributed by atoms with E-state index in [0.717, 1.165) is 43.0 Å². The second-order valence-corrected chi connectivity index (χ2v) is 5.36. The van der Waals surface area contributed by atoms with Crippen molar-refractivity contribution in [3.63, 3.8) is 0 Å². The number of ether oxygens (including phenoxy) is 1. The van der Waals surface area contributed by atoms with Gasteiger partial charge in [-0.15, -0.1) is 0 Å². The highest BCUT2D eigenvalue weighted by Crippen LogP contribution is 2.27. The molecule has 1 unspecified atom stereocenters. The van der Waals surface area contributed by atoms with Crippen molar-refractivity contribution in [2.45, 2.75) is 38.8 Å². The molecule has 1 aliphatic heterocycles. The maximum atomic E-state index is 5.73. The molecular weight excluding hydrogens is 226 g/mol. The number of pyridine rings is 1. The second kappa shape index (κ2) is 5.24. The zero-order chi connectivity index (χ0) is 13.2. The fourth-order valence-corrected chi connectivity index (χ4v) is 2.57. The average Bonchev–Trinajstić information content (AvgIpc) is 2.38. The first-order chi connectivity index (χ1) is 8.56. The molecule has 0 aromatic carbocycles. The lowest BCUT2D eigenvalue weighted by Crippen LogP contribution is -2.47. The zero-order valence-electron chi connectivity index (χ0n) is 11.6. The van der Waals surface area contributed by atoms with Crippen LogP contribution < -0.4 is 10.6 Å². The summed E-state index contributed by atoms with van der Waals surface area (Å²) in [7, 11) is 1.79. The topological polar surface area (TPSA) is 51.4 Å². The van der Waals surface area contributed by atoms with E-state index in [-0.39, 0.29) is 5.60 Å². The SMILES string of the molecule is COC1(C)CCCN(c2cc(CN)cc(C)n2)C1. The maximum absolute atomic E-state index is 5.73. The van der Waals surface area contributed by atoms with Crippen molar-refractivity contribution in [2.75, 3.05) is 25.1 Å². The van der Waals surface area contributed by atoms with Gasteiger partial charge in [-0.1, -0.05) is 0 Å². The van der Waals surface area contributed by atoms with Crippen LogP contribution in [-0.4, -0.2) is 30.8 Å². The van der Waals surface area contributed by atoms with E-state index in [4.69, 9.17) is 10.5 Å². The third kappa shape index (κ3) is 2.82. The highest BCUT2D eigenvalue weighted by atomic mass is 16.5.